The number of aryl methyl sites for hydroxylation is 1. The first-order valence-electron chi connectivity index (χ1n) is 10.4. The number of fused-ring (bicyclic) bond motifs is 1. The Morgan fingerprint density at radius 1 is 0.968 bits per heavy atom. The lowest BCUT2D eigenvalue weighted by atomic mass is 10.1. The van der Waals surface area contributed by atoms with Gasteiger partial charge < -0.3 is 9.80 Å². The second-order valence-corrected chi connectivity index (χ2v) is 8.30. The first-order chi connectivity index (χ1) is 14.6. The Bertz CT molecular complexity index is 1200. The van der Waals surface area contributed by atoms with Crippen LogP contribution < -0.4 is 9.80 Å². The molecule has 0 saturated heterocycles. The third kappa shape index (κ3) is 4.49. The highest BCUT2D eigenvalue weighted by Crippen LogP contribution is 2.37. The van der Waals surface area contributed by atoms with Gasteiger partial charge in [-0.2, -0.15) is 5.10 Å². The van der Waals surface area contributed by atoms with Crippen LogP contribution in [-0.2, 0) is 7.05 Å². The van der Waals surface area contributed by atoms with Crippen LogP contribution in [0.2, 0.25) is 0 Å². The summed E-state index contributed by atoms with van der Waals surface area (Å²) >= 11 is 0. The van der Waals surface area contributed by atoms with Gasteiger partial charge in [-0.05, 0) is 55.2 Å². The molecule has 1 aliphatic carbocycles. The van der Waals surface area contributed by atoms with E-state index in [2.05, 4.69) is 76.4 Å². The summed E-state index contributed by atoms with van der Waals surface area (Å²) in [6, 6.07) is 15.1. The molecule has 0 N–H and O–H groups in total. The molecule has 7 heteroatoms. The van der Waals surface area contributed by atoms with E-state index in [4.69, 9.17) is 4.98 Å². The second-order valence-electron chi connectivity index (χ2n) is 8.30. The molecule has 0 amide bonds. The molecule has 6 nitrogen and oxygen atoms in total. The largest absolute Gasteiger partial charge is 0.378 e. The number of anilines is 3. The normalized spacial score (nSPS) is 13.1. The molecule has 2 aromatic carbocycles. The minimum atomic E-state index is 0. The average Bonchev–Trinajstić information content (AvgIpc) is 3.49. The number of aromatic nitrogens is 4. The van der Waals surface area contributed by atoms with Crippen molar-refractivity contribution in [3.8, 4) is 11.3 Å². The van der Waals surface area contributed by atoms with E-state index in [0.29, 0.717) is 0 Å². The number of hydrogen-bond acceptors (Lipinski definition) is 5. The standard InChI is InChI=1S/C24H26N6.ClH/c1-28(2)19-5-4-6-20(11-19)30(15-17-7-8-17)21-9-10-22-23(12-21)27-24(14-25-22)18-13-26-29(3)16-18;/h4-6,9-14,16-17H,7-8,15H2,1-3H3;1H. The summed E-state index contributed by atoms with van der Waals surface area (Å²) in [7, 11) is 6.07. The van der Waals surface area contributed by atoms with Crippen LogP contribution in [-0.4, -0.2) is 40.4 Å². The van der Waals surface area contributed by atoms with Crippen LogP contribution >= 0.6 is 12.4 Å². The maximum atomic E-state index is 4.89. The molecule has 160 valence electrons. The summed E-state index contributed by atoms with van der Waals surface area (Å²) in [5.41, 5.74) is 7.19. The highest BCUT2D eigenvalue weighted by molar-refractivity contribution is 5.85. The first kappa shape index (κ1) is 21.1. The number of nitrogens with zero attached hydrogens (tertiary/aromatic N) is 6. The van der Waals surface area contributed by atoms with Crippen LogP contribution in [0.25, 0.3) is 22.3 Å². The van der Waals surface area contributed by atoms with Crippen molar-refractivity contribution in [3.05, 3.63) is 61.1 Å². The lowest BCUT2D eigenvalue weighted by Crippen LogP contribution is -2.20. The van der Waals surface area contributed by atoms with E-state index in [1.165, 1.54) is 24.2 Å². The Morgan fingerprint density at radius 2 is 1.74 bits per heavy atom. The Balaban J connectivity index is 0.00000231. The van der Waals surface area contributed by atoms with E-state index in [1.54, 1.807) is 4.68 Å². The number of rotatable bonds is 6. The molecule has 2 aromatic heterocycles. The van der Waals surface area contributed by atoms with Crippen molar-refractivity contribution in [2.75, 3.05) is 30.4 Å². The van der Waals surface area contributed by atoms with Gasteiger partial charge in [-0.3, -0.25) is 9.67 Å². The Hall–Kier alpha value is -3.12. The lowest BCUT2D eigenvalue weighted by Gasteiger charge is -2.26. The van der Waals surface area contributed by atoms with Gasteiger partial charge in [-0.1, -0.05) is 6.07 Å². The van der Waals surface area contributed by atoms with E-state index in [0.717, 1.165) is 40.4 Å². The fourth-order valence-electron chi connectivity index (χ4n) is 3.72. The SMILES string of the molecule is CN(C)c1cccc(N(CC2CC2)c2ccc3ncc(-c4cnn(C)c4)nc3c2)c1.Cl. The molecular weight excluding hydrogens is 408 g/mol. The van der Waals surface area contributed by atoms with Crippen molar-refractivity contribution in [3.63, 3.8) is 0 Å². The van der Waals surface area contributed by atoms with Crippen LogP contribution in [0.3, 0.4) is 0 Å². The van der Waals surface area contributed by atoms with Gasteiger partial charge >= 0.3 is 0 Å². The van der Waals surface area contributed by atoms with Crippen molar-refractivity contribution < 1.29 is 0 Å². The Kier molecular flexibility index (Phi) is 5.83. The van der Waals surface area contributed by atoms with Gasteiger partial charge in [0.2, 0.25) is 0 Å². The topological polar surface area (TPSA) is 50.1 Å². The molecule has 1 fully saturated rings. The summed E-state index contributed by atoms with van der Waals surface area (Å²) in [6.07, 6.45) is 8.23. The van der Waals surface area contributed by atoms with Gasteiger partial charge in [0.05, 0.1) is 29.1 Å². The van der Waals surface area contributed by atoms with Crippen molar-refractivity contribution in [2.45, 2.75) is 12.8 Å². The summed E-state index contributed by atoms with van der Waals surface area (Å²) in [5.74, 6) is 0.761. The summed E-state index contributed by atoms with van der Waals surface area (Å²) < 4.78 is 1.78. The molecule has 0 radical (unpaired) electrons. The molecule has 0 unspecified atom stereocenters. The summed E-state index contributed by atoms with van der Waals surface area (Å²) in [5, 5.41) is 4.26. The quantitative estimate of drug-likeness (QED) is 0.424. The molecule has 1 aliphatic rings. The van der Waals surface area contributed by atoms with Gasteiger partial charge in [0, 0.05) is 56.5 Å². The predicted octanol–water partition coefficient (Wildman–Crippen LogP) is 5.07. The third-order valence-electron chi connectivity index (χ3n) is 5.63. The Morgan fingerprint density at radius 3 is 2.45 bits per heavy atom. The molecule has 0 bridgehead atoms. The zero-order valence-corrected chi connectivity index (χ0v) is 18.9. The fraction of sp³-hybridized carbons (Fsp3) is 0.292. The monoisotopic (exact) mass is 434 g/mol. The molecule has 5 rings (SSSR count). The highest BCUT2D eigenvalue weighted by atomic mass is 35.5. The van der Waals surface area contributed by atoms with Crippen LogP contribution in [0.1, 0.15) is 12.8 Å². The average molecular weight is 435 g/mol. The number of hydrogen-bond donors (Lipinski definition) is 0. The predicted molar refractivity (Wildman–Crippen MR) is 129 cm³/mol. The molecular formula is C24H27ClN6. The van der Waals surface area contributed by atoms with Crippen molar-refractivity contribution in [2.24, 2.45) is 13.0 Å². The van der Waals surface area contributed by atoms with E-state index in [1.807, 2.05) is 25.6 Å². The smallest absolute Gasteiger partial charge is 0.0924 e. The molecule has 2 heterocycles. The maximum absolute atomic E-state index is 4.89. The highest BCUT2D eigenvalue weighted by Gasteiger charge is 2.25. The van der Waals surface area contributed by atoms with Crippen LogP contribution in [0.5, 0.6) is 0 Å². The van der Waals surface area contributed by atoms with Gasteiger partial charge in [0.1, 0.15) is 0 Å². The van der Waals surface area contributed by atoms with Crippen molar-refractivity contribution in [1.29, 1.82) is 0 Å². The van der Waals surface area contributed by atoms with Gasteiger partial charge in [0.25, 0.3) is 0 Å². The Labute approximate surface area is 188 Å². The molecule has 1 saturated carbocycles. The molecule has 0 aliphatic heterocycles. The fourth-order valence-corrected chi connectivity index (χ4v) is 3.72. The van der Waals surface area contributed by atoms with Crippen molar-refractivity contribution >= 4 is 40.5 Å². The molecule has 31 heavy (non-hydrogen) atoms. The second kappa shape index (κ2) is 8.55. The first-order valence-corrected chi connectivity index (χ1v) is 10.4. The number of halogens is 1. The minimum absolute atomic E-state index is 0. The number of benzene rings is 2. The maximum Gasteiger partial charge on any atom is 0.0924 e. The van der Waals surface area contributed by atoms with E-state index in [9.17, 15) is 0 Å². The van der Waals surface area contributed by atoms with E-state index >= 15 is 0 Å². The van der Waals surface area contributed by atoms with Crippen LogP contribution in [0.4, 0.5) is 17.1 Å². The van der Waals surface area contributed by atoms with E-state index in [-0.39, 0.29) is 12.4 Å². The summed E-state index contributed by atoms with van der Waals surface area (Å²) in [4.78, 5) is 14.1. The van der Waals surface area contributed by atoms with Gasteiger partial charge in [-0.25, -0.2) is 4.98 Å². The van der Waals surface area contributed by atoms with Crippen LogP contribution in [0.15, 0.2) is 61.1 Å². The van der Waals surface area contributed by atoms with Gasteiger partial charge in [-0.15, -0.1) is 12.4 Å². The third-order valence-corrected chi connectivity index (χ3v) is 5.63. The summed E-state index contributed by atoms with van der Waals surface area (Å²) in [6.45, 7) is 1.03. The van der Waals surface area contributed by atoms with Gasteiger partial charge in [0.15, 0.2) is 0 Å². The zero-order valence-electron chi connectivity index (χ0n) is 18.1. The minimum Gasteiger partial charge on any atom is -0.378 e. The molecule has 0 atom stereocenters. The van der Waals surface area contributed by atoms with Crippen molar-refractivity contribution in [1.82, 2.24) is 19.7 Å². The molecule has 0 spiro atoms. The lowest BCUT2D eigenvalue weighted by molar-refractivity contribution is 0.768. The van der Waals surface area contributed by atoms with Crippen LogP contribution in [0, 0.1) is 5.92 Å². The van der Waals surface area contributed by atoms with E-state index < -0.39 is 0 Å². The molecule has 4 aromatic rings. The zero-order chi connectivity index (χ0) is 20.7.